The molecule has 124 valence electrons. The predicted octanol–water partition coefficient (Wildman–Crippen LogP) is 4.73. The highest BCUT2D eigenvalue weighted by Gasteiger charge is 2.12. The van der Waals surface area contributed by atoms with Crippen molar-refractivity contribution in [1.82, 2.24) is 20.3 Å². The van der Waals surface area contributed by atoms with Gasteiger partial charge >= 0.3 is 0 Å². The van der Waals surface area contributed by atoms with E-state index in [1.54, 1.807) is 12.1 Å². The fraction of sp³-hybridized carbons (Fsp3) is 0.0588. The molecule has 25 heavy (non-hydrogen) atoms. The number of thioether (sulfide) groups is 1. The van der Waals surface area contributed by atoms with Crippen LogP contribution in [0.5, 0.6) is 0 Å². The van der Waals surface area contributed by atoms with Gasteiger partial charge in [-0.2, -0.15) is 4.98 Å². The van der Waals surface area contributed by atoms with Crippen LogP contribution in [0.2, 0.25) is 5.02 Å². The number of benzene rings is 2. The van der Waals surface area contributed by atoms with Crippen molar-refractivity contribution < 1.29 is 8.94 Å². The van der Waals surface area contributed by atoms with E-state index in [4.69, 9.17) is 20.5 Å². The Balaban J connectivity index is 1.42. The van der Waals surface area contributed by atoms with Gasteiger partial charge in [0.15, 0.2) is 5.82 Å². The van der Waals surface area contributed by atoms with Gasteiger partial charge in [0.25, 0.3) is 11.1 Å². The first kappa shape index (κ1) is 15.9. The van der Waals surface area contributed by atoms with E-state index >= 15 is 0 Å². The number of aromatic nitrogens is 4. The van der Waals surface area contributed by atoms with E-state index in [0.29, 0.717) is 33.6 Å². The summed E-state index contributed by atoms with van der Waals surface area (Å²) >= 11 is 7.23. The van der Waals surface area contributed by atoms with Crippen LogP contribution in [0.3, 0.4) is 0 Å². The topological polar surface area (TPSA) is 77.8 Å². The minimum absolute atomic E-state index is 0.447. The normalized spacial score (nSPS) is 10.9. The largest absolute Gasteiger partial charge is 0.411 e. The molecule has 2 heterocycles. The molecule has 0 N–H and O–H groups in total. The van der Waals surface area contributed by atoms with Crippen LogP contribution in [0, 0.1) is 0 Å². The highest BCUT2D eigenvalue weighted by Crippen LogP contribution is 2.26. The Morgan fingerprint density at radius 2 is 1.64 bits per heavy atom. The van der Waals surface area contributed by atoms with E-state index in [9.17, 15) is 0 Å². The summed E-state index contributed by atoms with van der Waals surface area (Å²) in [5.41, 5.74) is 1.70. The van der Waals surface area contributed by atoms with E-state index in [2.05, 4.69) is 20.3 Å². The summed E-state index contributed by atoms with van der Waals surface area (Å²) in [5.74, 6) is 1.95. The van der Waals surface area contributed by atoms with Crippen LogP contribution >= 0.6 is 23.4 Å². The van der Waals surface area contributed by atoms with Crippen LogP contribution in [0.25, 0.3) is 22.9 Å². The molecular formula is C17H11ClN4O2S. The molecule has 0 atom stereocenters. The maximum absolute atomic E-state index is 5.87. The van der Waals surface area contributed by atoms with Crippen molar-refractivity contribution in [3.05, 3.63) is 65.4 Å². The summed E-state index contributed by atoms with van der Waals surface area (Å²) in [7, 11) is 0. The van der Waals surface area contributed by atoms with Crippen LogP contribution < -0.4 is 0 Å². The monoisotopic (exact) mass is 370 g/mol. The number of rotatable bonds is 5. The van der Waals surface area contributed by atoms with E-state index < -0.39 is 0 Å². The van der Waals surface area contributed by atoms with Gasteiger partial charge in [0.05, 0.1) is 5.75 Å². The predicted molar refractivity (Wildman–Crippen MR) is 94.0 cm³/mol. The van der Waals surface area contributed by atoms with Crippen LogP contribution in [-0.2, 0) is 5.75 Å². The molecule has 0 aliphatic heterocycles. The van der Waals surface area contributed by atoms with Crippen LogP contribution in [0.15, 0.2) is 68.8 Å². The second-order valence-electron chi connectivity index (χ2n) is 5.05. The highest BCUT2D eigenvalue weighted by molar-refractivity contribution is 7.98. The molecule has 4 rings (SSSR count). The quantitative estimate of drug-likeness (QED) is 0.470. The molecule has 0 bridgehead atoms. The Kier molecular flexibility index (Phi) is 4.49. The molecule has 6 nitrogen and oxygen atoms in total. The third-order valence-electron chi connectivity index (χ3n) is 3.31. The van der Waals surface area contributed by atoms with Gasteiger partial charge in [0.2, 0.25) is 5.89 Å². The van der Waals surface area contributed by atoms with Crippen LogP contribution in [0.1, 0.15) is 5.82 Å². The van der Waals surface area contributed by atoms with Gasteiger partial charge in [-0.05, 0) is 36.4 Å². The smallest absolute Gasteiger partial charge is 0.277 e. The molecule has 0 amide bonds. The average molecular weight is 371 g/mol. The summed E-state index contributed by atoms with van der Waals surface area (Å²) in [4.78, 5) is 4.36. The van der Waals surface area contributed by atoms with Gasteiger partial charge in [-0.15, -0.1) is 10.2 Å². The SMILES string of the molecule is Clc1ccc(-c2nc(CSc3nnc(-c4ccccc4)o3)no2)cc1. The Labute approximate surface area is 152 Å². The summed E-state index contributed by atoms with van der Waals surface area (Å²) in [5, 5.41) is 13.2. The first-order valence-electron chi connectivity index (χ1n) is 7.38. The third-order valence-corrected chi connectivity index (χ3v) is 4.38. The number of nitrogens with zero attached hydrogens (tertiary/aromatic N) is 4. The van der Waals surface area contributed by atoms with E-state index in [-0.39, 0.29) is 0 Å². The van der Waals surface area contributed by atoms with Crippen molar-refractivity contribution in [2.45, 2.75) is 11.0 Å². The fourth-order valence-electron chi connectivity index (χ4n) is 2.11. The number of hydrogen-bond donors (Lipinski definition) is 0. The maximum Gasteiger partial charge on any atom is 0.277 e. The van der Waals surface area contributed by atoms with Crippen molar-refractivity contribution in [3.8, 4) is 22.9 Å². The molecule has 0 fully saturated rings. The summed E-state index contributed by atoms with van der Waals surface area (Å²) in [6.07, 6.45) is 0. The minimum atomic E-state index is 0.447. The van der Waals surface area contributed by atoms with Crippen molar-refractivity contribution in [1.29, 1.82) is 0 Å². The Morgan fingerprint density at radius 3 is 2.44 bits per heavy atom. The molecular weight excluding hydrogens is 360 g/mol. The van der Waals surface area contributed by atoms with Crippen LogP contribution in [0.4, 0.5) is 0 Å². The Hall–Kier alpha value is -2.64. The molecule has 0 aliphatic carbocycles. The fourth-order valence-corrected chi connectivity index (χ4v) is 2.85. The Morgan fingerprint density at radius 1 is 0.880 bits per heavy atom. The van der Waals surface area contributed by atoms with Gasteiger partial charge in [-0.25, -0.2) is 0 Å². The average Bonchev–Trinajstić information content (AvgIpc) is 3.31. The molecule has 0 unspecified atom stereocenters. The van der Waals surface area contributed by atoms with E-state index in [1.165, 1.54) is 11.8 Å². The van der Waals surface area contributed by atoms with E-state index in [0.717, 1.165) is 11.1 Å². The number of hydrogen-bond acceptors (Lipinski definition) is 7. The molecule has 4 aromatic rings. The lowest BCUT2D eigenvalue weighted by atomic mass is 10.2. The lowest BCUT2D eigenvalue weighted by Gasteiger charge is -1.93. The molecule has 2 aromatic carbocycles. The zero-order valence-electron chi connectivity index (χ0n) is 12.8. The summed E-state index contributed by atoms with van der Waals surface area (Å²) in [6, 6.07) is 16.8. The first-order valence-corrected chi connectivity index (χ1v) is 8.74. The van der Waals surface area contributed by atoms with Crippen molar-refractivity contribution >= 4 is 23.4 Å². The molecule has 0 spiro atoms. The van der Waals surface area contributed by atoms with Gasteiger partial charge < -0.3 is 8.94 Å². The highest BCUT2D eigenvalue weighted by atomic mass is 35.5. The van der Waals surface area contributed by atoms with Gasteiger partial charge in [-0.3, -0.25) is 0 Å². The van der Waals surface area contributed by atoms with Crippen molar-refractivity contribution in [3.63, 3.8) is 0 Å². The third kappa shape index (κ3) is 3.72. The van der Waals surface area contributed by atoms with E-state index in [1.807, 2.05) is 42.5 Å². The van der Waals surface area contributed by atoms with Crippen LogP contribution in [-0.4, -0.2) is 20.3 Å². The van der Waals surface area contributed by atoms with Gasteiger partial charge in [-0.1, -0.05) is 46.7 Å². The summed E-state index contributed by atoms with van der Waals surface area (Å²) in [6.45, 7) is 0. The molecule has 0 saturated carbocycles. The number of halogens is 1. The molecule has 8 heteroatoms. The molecule has 0 radical (unpaired) electrons. The lowest BCUT2D eigenvalue weighted by Crippen LogP contribution is -1.84. The van der Waals surface area contributed by atoms with Gasteiger partial charge in [0.1, 0.15) is 0 Å². The zero-order valence-corrected chi connectivity index (χ0v) is 14.4. The summed E-state index contributed by atoms with van der Waals surface area (Å²) < 4.78 is 10.9. The second kappa shape index (κ2) is 7.08. The second-order valence-corrected chi connectivity index (χ2v) is 6.41. The maximum atomic E-state index is 5.87. The molecule has 2 aromatic heterocycles. The van der Waals surface area contributed by atoms with Crippen molar-refractivity contribution in [2.75, 3.05) is 0 Å². The van der Waals surface area contributed by atoms with Crippen molar-refractivity contribution in [2.24, 2.45) is 0 Å². The Bertz CT molecular complexity index is 970. The zero-order chi connectivity index (χ0) is 17.1. The standard InChI is InChI=1S/C17H11ClN4O2S/c18-13-8-6-12(7-9-13)15-19-14(22-24-15)10-25-17-21-20-16(23-17)11-4-2-1-3-5-11/h1-9H,10H2. The molecule has 0 aliphatic rings. The first-order chi connectivity index (χ1) is 12.3. The van der Waals surface area contributed by atoms with Gasteiger partial charge in [0, 0.05) is 16.1 Å². The molecule has 0 saturated heterocycles. The lowest BCUT2D eigenvalue weighted by molar-refractivity contribution is 0.425. The minimum Gasteiger partial charge on any atom is -0.411 e.